The normalized spacial score (nSPS) is 25.9. The van der Waals surface area contributed by atoms with Crippen LogP contribution in [0.25, 0.3) is 0 Å². The molecule has 2 heterocycles. The number of phenolic OH excluding ortho intramolecular Hbond substituents is 2. The van der Waals surface area contributed by atoms with E-state index in [-0.39, 0.29) is 40.6 Å². The zero-order chi connectivity index (χ0) is 35.7. The van der Waals surface area contributed by atoms with Gasteiger partial charge in [0.1, 0.15) is 36.8 Å². The van der Waals surface area contributed by atoms with Crippen LogP contribution < -0.4 is 4.74 Å². The fraction of sp³-hybridized carbons (Fsp3) is 0.424. The third-order valence-electron chi connectivity index (χ3n) is 7.81. The van der Waals surface area contributed by atoms with Gasteiger partial charge in [-0.2, -0.15) is 0 Å². The highest BCUT2D eigenvalue weighted by Crippen LogP contribution is 2.36. The fourth-order valence-electron chi connectivity index (χ4n) is 5.10. The molecule has 0 amide bonds. The van der Waals surface area contributed by atoms with Crippen LogP contribution in [0.15, 0.2) is 65.9 Å². The number of hydrogen-bond acceptors (Lipinski definition) is 16. The number of rotatable bonds is 13. The van der Waals surface area contributed by atoms with Gasteiger partial charge in [-0.3, -0.25) is 4.79 Å². The molecular weight excluding hydrogens is 652 g/mol. The fourth-order valence-corrected chi connectivity index (χ4v) is 5.10. The van der Waals surface area contributed by atoms with Gasteiger partial charge < -0.3 is 63.8 Å². The van der Waals surface area contributed by atoms with E-state index < -0.39 is 80.5 Å². The van der Waals surface area contributed by atoms with E-state index in [9.17, 15) is 45.0 Å². The molecule has 2 aliphatic rings. The summed E-state index contributed by atoms with van der Waals surface area (Å²) in [7, 11) is 2.42. The second kappa shape index (κ2) is 17.1. The molecule has 16 nitrogen and oxygen atoms in total. The van der Waals surface area contributed by atoms with Crippen molar-refractivity contribution in [3.8, 4) is 17.2 Å². The van der Waals surface area contributed by atoms with Gasteiger partial charge in [0.25, 0.3) is 0 Å². The van der Waals surface area contributed by atoms with Crippen LogP contribution in [0.3, 0.4) is 0 Å². The molecule has 0 aliphatic carbocycles. The molecule has 0 saturated carbocycles. The summed E-state index contributed by atoms with van der Waals surface area (Å²) in [5.41, 5.74) is 0.721. The van der Waals surface area contributed by atoms with Crippen LogP contribution in [0, 0.1) is 5.92 Å². The number of hydrogen-bond donors (Lipinski definition) is 6. The third-order valence-corrected chi connectivity index (χ3v) is 7.81. The van der Waals surface area contributed by atoms with Crippen LogP contribution in [0.1, 0.15) is 22.3 Å². The Morgan fingerprint density at radius 3 is 2.33 bits per heavy atom. The SMILES string of the molecule is COC(=O)C1=CO[C@H](O[C@@H]2O[C@H](CO)[C@@H](O)[C@H](O)[C@H]2O)/C(=C\COC(=O)c2ccc(O)c(OC)c2)[C@H]1CC(=O)OCCc1ccc(O)cc1. The van der Waals surface area contributed by atoms with Crippen LogP contribution in [0.5, 0.6) is 17.2 Å². The Balaban J connectivity index is 1.59. The van der Waals surface area contributed by atoms with E-state index in [4.69, 9.17) is 33.2 Å². The monoisotopic (exact) mass is 690 g/mol. The minimum absolute atomic E-state index is 0.0262. The van der Waals surface area contributed by atoms with E-state index >= 15 is 0 Å². The standard InChI is InChI=1S/C33H38O16/c1-43-24-13-18(5-8-23(24)36)30(41)46-12-10-20-21(14-26(37)45-11-9-17-3-6-19(35)7-4-17)22(31(42)44-2)16-47-32(20)49-33-29(40)28(39)27(38)25(15-34)48-33/h3-8,10,13,16,21,25,27-29,32-36,38-40H,9,11-12,14-15H2,1-2H3/b20-10-/t21-,25-,27-,28+,29-,32-,33+/m1/s1. The zero-order valence-electron chi connectivity index (χ0n) is 26.5. The number of benzene rings is 2. The lowest BCUT2D eigenvalue weighted by molar-refractivity contribution is -0.327. The average molecular weight is 691 g/mol. The van der Waals surface area contributed by atoms with Gasteiger partial charge in [-0.15, -0.1) is 0 Å². The van der Waals surface area contributed by atoms with Gasteiger partial charge in [0.05, 0.1) is 51.3 Å². The molecule has 2 aromatic rings. The van der Waals surface area contributed by atoms with Gasteiger partial charge in [0.2, 0.25) is 6.29 Å². The first-order valence-corrected chi connectivity index (χ1v) is 15.0. The Morgan fingerprint density at radius 1 is 0.918 bits per heavy atom. The van der Waals surface area contributed by atoms with Gasteiger partial charge in [-0.25, -0.2) is 9.59 Å². The second-order valence-electron chi connectivity index (χ2n) is 10.9. The maximum atomic E-state index is 13.1. The highest BCUT2D eigenvalue weighted by Gasteiger charge is 2.47. The average Bonchev–Trinajstić information content (AvgIpc) is 3.10. The molecule has 4 rings (SSSR count). The van der Waals surface area contributed by atoms with Crippen molar-refractivity contribution < 1.29 is 78.2 Å². The number of ether oxygens (including phenoxy) is 7. The third kappa shape index (κ3) is 9.26. The van der Waals surface area contributed by atoms with Crippen molar-refractivity contribution in [1.29, 1.82) is 0 Å². The lowest BCUT2D eigenvalue weighted by Gasteiger charge is -2.42. The summed E-state index contributed by atoms with van der Waals surface area (Å²) in [6.45, 7) is -1.24. The van der Waals surface area contributed by atoms with E-state index in [0.29, 0.717) is 6.42 Å². The number of esters is 3. The molecular formula is C33H38O16. The Labute approximate surface area is 280 Å². The van der Waals surface area contributed by atoms with Crippen molar-refractivity contribution in [1.82, 2.24) is 0 Å². The summed E-state index contributed by atoms with van der Waals surface area (Å²) >= 11 is 0. The number of aliphatic hydroxyl groups is 4. The summed E-state index contributed by atoms with van der Waals surface area (Å²) < 4.78 is 37.6. The van der Waals surface area contributed by atoms with Crippen molar-refractivity contribution in [3.05, 3.63) is 77.1 Å². The molecule has 0 radical (unpaired) electrons. The number of carbonyl (C=O) groups is 3. The van der Waals surface area contributed by atoms with Crippen LogP contribution in [-0.2, 0) is 44.4 Å². The van der Waals surface area contributed by atoms with Crippen molar-refractivity contribution in [3.63, 3.8) is 0 Å². The van der Waals surface area contributed by atoms with Gasteiger partial charge in [0.15, 0.2) is 17.8 Å². The number of aliphatic hydroxyl groups excluding tert-OH is 4. The van der Waals surface area contributed by atoms with E-state index in [1.54, 1.807) is 12.1 Å². The van der Waals surface area contributed by atoms with Crippen molar-refractivity contribution in [2.24, 2.45) is 5.92 Å². The smallest absolute Gasteiger partial charge is 0.338 e. The van der Waals surface area contributed by atoms with Crippen LogP contribution in [-0.4, -0.2) is 120 Å². The van der Waals surface area contributed by atoms with Crippen LogP contribution in [0.2, 0.25) is 0 Å². The molecule has 1 saturated heterocycles. The van der Waals surface area contributed by atoms with E-state index in [0.717, 1.165) is 18.9 Å². The Bertz CT molecular complexity index is 1520. The topological polar surface area (TPSA) is 237 Å². The van der Waals surface area contributed by atoms with Gasteiger partial charge in [-0.1, -0.05) is 12.1 Å². The predicted molar refractivity (Wildman–Crippen MR) is 164 cm³/mol. The quantitative estimate of drug-likeness (QED) is 0.0936. The highest BCUT2D eigenvalue weighted by molar-refractivity contribution is 5.91. The Hall–Kier alpha value is -4.71. The summed E-state index contributed by atoms with van der Waals surface area (Å²) in [4.78, 5) is 38.7. The molecule has 266 valence electrons. The second-order valence-corrected chi connectivity index (χ2v) is 10.9. The van der Waals surface area contributed by atoms with E-state index in [2.05, 4.69) is 0 Å². The molecule has 0 unspecified atom stereocenters. The number of aromatic hydroxyl groups is 2. The minimum atomic E-state index is -1.82. The summed E-state index contributed by atoms with van der Waals surface area (Å²) in [5.74, 6) is -3.68. The molecule has 2 aliphatic heterocycles. The lowest BCUT2D eigenvalue weighted by atomic mass is 9.86. The van der Waals surface area contributed by atoms with E-state index in [1.165, 1.54) is 43.5 Å². The van der Waals surface area contributed by atoms with Gasteiger partial charge in [0, 0.05) is 17.9 Å². The number of phenols is 2. The van der Waals surface area contributed by atoms with Crippen molar-refractivity contribution in [2.75, 3.05) is 34.0 Å². The highest BCUT2D eigenvalue weighted by atomic mass is 16.8. The minimum Gasteiger partial charge on any atom is -0.508 e. The van der Waals surface area contributed by atoms with Crippen LogP contribution >= 0.6 is 0 Å². The number of methoxy groups -OCH3 is 2. The molecule has 0 aromatic heterocycles. The summed E-state index contributed by atoms with van der Waals surface area (Å²) in [5, 5.41) is 60.0. The van der Waals surface area contributed by atoms with Crippen LogP contribution in [0.4, 0.5) is 0 Å². The van der Waals surface area contributed by atoms with Gasteiger partial charge >= 0.3 is 17.9 Å². The molecule has 1 fully saturated rings. The Kier molecular flexibility index (Phi) is 13.0. The molecule has 6 N–H and O–H groups in total. The van der Waals surface area contributed by atoms with Gasteiger partial charge in [-0.05, 0) is 42.0 Å². The lowest BCUT2D eigenvalue weighted by Crippen LogP contribution is -2.60. The largest absolute Gasteiger partial charge is 0.508 e. The number of carbonyl (C=O) groups excluding carboxylic acids is 3. The maximum absolute atomic E-state index is 13.1. The Morgan fingerprint density at radius 2 is 1.65 bits per heavy atom. The maximum Gasteiger partial charge on any atom is 0.338 e. The first-order chi connectivity index (χ1) is 23.5. The zero-order valence-corrected chi connectivity index (χ0v) is 26.5. The first kappa shape index (κ1) is 37.1. The molecule has 16 heteroatoms. The van der Waals surface area contributed by atoms with E-state index in [1.807, 2.05) is 0 Å². The van der Waals surface area contributed by atoms with Crippen molar-refractivity contribution in [2.45, 2.75) is 49.8 Å². The first-order valence-electron chi connectivity index (χ1n) is 15.0. The summed E-state index contributed by atoms with van der Waals surface area (Å²) in [6.07, 6.45) is -7.64. The predicted octanol–water partition coefficient (Wildman–Crippen LogP) is 0.212. The summed E-state index contributed by atoms with van der Waals surface area (Å²) in [6, 6.07) is 10.1. The van der Waals surface area contributed by atoms with Crippen molar-refractivity contribution >= 4 is 17.9 Å². The molecule has 0 spiro atoms. The molecule has 7 atom stereocenters. The molecule has 49 heavy (non-hydrogen) atoms. The molecule has 2 aromatic carbocycles. The molecule has 0 bridgehead atoms.